The van der Waals surface area contributed by atoms with E-state index in [9.17, 15) is 13.2 Å². The van der Waals surface area contributed by atoms with Gasteiger partial charge < -0.3 is 4.98 Å². The second-order valence-corrected chi connectivity index (χ2v) is 4.97. The molecule has 1 heterocycles. The molecule has 0 unspecified atom stereocenters. The summed E-state index contributed by atoms with van der Waals surface area (Å²) >= 11 is 7.94. The van der Waals surface area contributed by atoms with Gasteiger partial charge in [-0.15, -0.1) is 0 Å². The first kappa shape index (κ1) is 13.4. The number of aromatic nitrogens is 2. The Morgan fingerprint density at radius 3 is 2.50 bits per heavy atom. The fraction of sp³-hybridized carbons (Fsp3) is 0.182. The molecule has 0 aliphatic rings. The highest BCUT2D eigenvalue weighted by Crippen LogP contribution is 2.36. The van der Waals surface area contributed by atoms with Crippen molar-refractivity contribution in [2.24, 2.45) is 0 Å². The second kappa shape index (κ2) is 4.55. The zero-order valence-corrected chi connectivity index (χ0v) is 11.6. The van der Waals surface area contributed by atoms with Crippen molar-refractivity contribution < 1.29 is 13.2 Å². The number of rotatable bonds is 1. The summed E-state index contributed by atoms with van der Waals surface area (Å²) in [6.45, 7) is 1.77. The SMILES string of the molecule is Cc1c[nH]c(=S)n1-c1ccc(Br)c(C(F)(F)F)c1. The zero-order valence-electron chi connectivity index (χ0n) is 9.18. The van der Waals surface area contributed by atoms with Crippen molar-refractivity contribution in [3.63, 3.8) is 0 Å². The van der Waals surface area contributed by atoms with E-state index < -0.39 is 11.7 Å². The number of alkyl halides is 3. The summed E-state index contributed by atoms with van der Waals surface area (Å²) in [4.78, 5) is 2.79. The Morgan fingerprint density at radius 2 is 2.00 bits per heavy atom. The summed E-state index contributed by atoms with van der Waals surface area (Å²) in [5.74, 6) is 0. The molecular weight excluding hydrogens is 329 g/mol. The molecule has 2 aromatic rings. The normalized spacial score (nSPS) is 11.8. The quantitative estimate of drug-likeness (QED) is 0.753. The molecule has 1 N–H and O–H groups in total. The van der Waals surface area contributed by atoms with Gasteiger partial charge in [-0.2, -0.15) is 13.2 Å². The molecule has 1 aromatic heterocycles. The zero-order chi connectivity index (χ0) is 13.5. The lowest BCUT2D eigenvalue weighted by Crippen LogP contribution is -2.08. The number of nitrogens with one attached hydrogen (secondary N) is 1. The lowest BCUT2D eigenvalue weighted by atomic mass is 10.2. The predicted octanol–water partition coefficient (Wildman–Crippen LogP) is 4.62. The van der Waals surface area contributed by atoms with Gasteiger partial charge in [0.1, 0.15) is 0 Å². The van der Waals surface area contributed by atoms with Gasteiger partial charge in [0, 0.05) is 22.1 Å². The molecule has 0 spiro atoms. The van der Waals surface area contributed by atoms with Gasteiger partial charge in [0.2, 0.25) is 0 Å². The molecule has 0 radical (unpaired) electrons. The largest absolute Gasteiger partial charge is 0.417 e. The van der Waals surface area contributed by atoms with E-state index in [1.165, 1.54) is 6.07 Å². The minimum atomic E-state index is -4.40. The van der Waals surface area contributed by atoms with Crippen LogP contribution in [0.15, 0.2) is 28.9 Å². The van der Waals surface area contributed by atoms with E-state index in [0.29, 0.717) is 10.5 Å². The Hall–Kier alpha value is -1.08. The molecule has 1 aromatic carbocycles. The van der Waals surface area contributed by atoms with Crippen molar-refractivity contribution in [1.82, 2.24) is 9.55 Å². The third-order valence-electron chi connectivity index (χ3n) is 2.47. The first-order chi connectivity index (χ1) is 8.30. The van der Waals surface area contributed by atoms with E-state index in [0.717, 1.165) is 11.8 Å². The van der Waals surface area contributed by atoms with Gasteiger partial charge in [0.05, 0.1) is 5.56 Å². The average molecular weight is 337 g/mol. The van der Waals surface area contributed by atoms with Crippen molar-refractivity contribution in [2.45, 2.75) is 13.1 Å². The number of H-pyrrole nitrogens is 1. The molecule has 96 valence electrons. The molecule has 0 bridgehead atoms. The van der Waals surface area contributed by atoms with Crippen LogP contribution in [0.3, 0.4) is 0 Å². The minimum Gasteiger partial charge on any atom is -0.337 e. The van der Waals surface area contributed by atoms with E-state index >= 15 is 0 Å². The van der Waals surface area contributed by atoms with Gasteiger partial charge in [0.15, 0.2) is 4.77 Å². The minimum absolute atomic E-state index is 0.0125. The van der Waals surface area contributed by atoms with E-state index in [2.05, 4.69) is 20.9 Å². The fourth-order valence-corrected chi connectivity index (χ4v) is 2.43. The molecular formula is C11H8BrF3N2S. The van der Waals surface area contributed by atoms with Crippen molar-refractivity contribution in [1.29, 1.82) is 0 Å². The van der Waals surface area contributed by atoms with Crippen LogP contribution in [-0.4, -0.2) is 9.55 Å². The van der Waals surface area contributed by atoms with E-state index in [1.54, 1.807) is 23.8 Å². The van der Waals surface area contributed by atoms with Crippen molar-refractivity contribution >= 4 is 28.1 Å². The van der Waals surface area contributed by atoms with Crippen LogP contribution in [0.4, 0.5) is 13.2 Å². The first-order valence-corrected chi connectivity index (χ1v) is 6.15. The Kier molecular flexibility index (Phi) is 3.37. The number of imidazole rings is 1. The molecule has 18 heavy (non-hydrogen) atoms. The van der Waals surface area contributed by atoms with E-state index in [4.69, 9.17) is 12.2 Å². The van der Waals surface area contributed by atoms with E-state index in [1.807, 2.05) is 0 Å². The number of halogens is 4. The average Bonchev–Trinajstić information content (AvgIpc) is 2.58. The number of benzene rings is 1. The van der Waals surface area contributed by atoms with Crippen LogP contribution in [0.1, 0.15) is 11.3 Å². The maximum atomic E-state index is 12.8. The molecule has 2 nitrogen and oxygen atoms in total. The van der Waals surface area contributed by atoms with Gasteiger partial charge in [0.25, 0.3) is 0 Å². The Balaban J connectivity index is 2.65. The molecule has 0 aliphatic heterocycles. The molecule has 0 saturated heterocycles. The summed E-state index contributed by atoms with van der Waals surface area (Å²) in [5, 5.41) is 0. The third-order valence-corrected chi connectivity index (χ3v) is 3.47. The van der Waals surface area contributed by atoms with Crippen LogP contribution in [0.25, 0.3) is 5.69 Å². The smallest absolute Gasteiger partial charge is 0.337 e. The number of nitrogens with zero attached hydrogens (tertiary/aromatic N) is 1. The van der Waals surface area contributed by atoms with Crippen LogP contribution < -0.4 is 0 Å². The lowest BCUT2D eigenvalue weighted by molar-refractivity contribution is -0.138. The number of aromatic amines is 1. The van der Waals surface area contributed by atoms with Crippen molar-refractivity contribution in [2.75, 3.05) is 0 Å². The van der Waals surface area contributed by atoms with Crippen molar-refractivity contribution in [3.8, 4) is 5.69 Å². The summed E-state index contributed by atoms with van der Waals surface area (Å²) in [5.41, 5.74) is 0.409. The highest BCUT2D eigenvalue weighted by Gasteiger charge is 2.33. The van der Waals surface area contributed by atoms with Crippen LogP contribution in [-0.2, 0) is 6.18 Å². The van der Waals surface area contributed by atoms with Gasteiger partial charge >= 0.3 is 6.18 Å². The predicted molar refractivity (Wildman–Crippen MR) is 68.4 cm³/mol. The molecule has 2 rings (SSSR count). The summed E-state index contributed by atoms with van der Waals surface area (Å²) in [7, 11) is 0. The van der Waals surface area contributed by atoms with Crippen molar-refractivity contribution in [3.05, 3.63) is 44.9 Å². The molecule has 0 aliphatic carbocycles. The molecule has 0 amide bonds. The second-order valence-electron chi connectivity index (χ2n) is 3.73. The molecule has 0 saturated carbocycles. The first-order valence-electron chi connectivity index (χ1n) is 4.95. The summed E-state index contributed by atoms with van der Waals surface area (Å²) < 4.78 is 40.3. The standard InChI is InChI=1S/C11H8BrF3N2S/c1-6-5-16-10(18)17(6)7-2-3-9(12)8(4-7)11(13,14)15/h2-5H,1H3,(H,16,18). The van der Waals surface area contributed by atoms with Gasteiger partial charge in [-0.25, -0.2) is 0 Å². The maximum absolute atomic E-state index is 12.8. The molecule has 7 heteroatoms. The topological polar surface area (TPSA) is 20.7 Å². The fourth-order valence-electron chi connectivity index (χ4n) is 1.65. The lowest BCUT2D eigenvalue weighted by Gasteiger charge is -2.12. The Morgan fingerprint density at radius 1 is 1.33 bits per heavy atom. The summed E-state index contributed by atoms with van der Waals surface area (Å²) in [6.07, 6.45) is -2.75. The van der Waals surface area contributed by atoms with E-state index in [-0.39, 0.29) is 4.47 Å². The number of aryl methyl sites for hydroxylation is 1. The number of hydrogen-bond acceptors (Lipinski definition) is 1. The van der Waals surface area contributed by atoms with Crippen LogP contribution in [0.5, 0.6) is 0 Å². The highest BCUT2D eigenvalue weighted by molar-refractivity contribution is 9.10. The Bertz CT molecular complexity index is 642. The van der Waals surface area contributed by atoms with Gasteiger partial charge in [-0.05, 0) is 37.3 Å². The van der Waals surface area contributed by atoms with Crippen LogP contribution >= 0.6 is 28.1 Å². The van der Waals surface area contributed by atoms with Crippen LogP contribution in [0.2, 0.25) is 0 Å². The molecule has 0 atom stereocenters. The highest BCUT2D eigenvalue weighted by atomic mass is 79.9. The summed E-state index contributed by atoms with van der Waals surface area (Å²) in [6, 6.07) is 4.02. The van der Waals surface area contributed by atoms with Crippen LogP contribution in [0, 0.1) is 11.7 Å². The van der Waals surface area contributed by atoms with Gasteiger partial charge in [-0.3, -0.25) is 4.57 Å². The maximum Gasteiger partial charge on any atom is 0.417 e. The van der Waals surface area contributed by atoms with Gasteiger partial charge in [-0.1, -0.05) is 15.9 Å². The Labute approximate surface area is 115 Å². The number of hydrogen-bond donors (Lipinski definition) is 1. The third kappa shape index (κ3) is 2.37. The monoisotopic (exact) mass is 336 g/mol. The molecule has 0 fully saturated rings.